The van der Waals surface area contributed by atoms with Gasteiger partial charge < -0.3 is 9.64 Å². The van der Waals surface area contributed by atoms with E-state index in [0.29, 0.717) is 6.10 Å². The summed E-state index contributed by atoms with van der Waals surface area (Å²) in [6.07, 6.45) is 5.68. The van der Waals surface area contributed by atoms with Gasteiger partial charge in [0, 0.05) is 19.7 Å². The lowest BCUT2D eigenvalue weighted by Gasteiger charge is -2.33. The van der Waals surface area contributed by atoms with Crippen molar-refractivity contribution < 1.29 is 4.74 Å². The van der Waals surface area contributed by atoms with Gasteiger partial charge in [-0.3, -0.25) is 5.32 Å². The molecule has 1 N–H and O–H groups in total. The molecule has 1 heterocycles. The smallest absolute Gasteiger partial charge is 0.106 e. The van der Waals surface area contributed by atoms with Gasteiger partial charge in [-0.25, -0.2) is 0 Å². The van der Waals surface area contributed by atoms with Crippen molar-refractivity contribution in [1.29, 1.82) is 5.26 Å². The van der Waals surface area contributed by atoms with Gasteiger partial charge in [0.05, 0.1) is 12.2 Å². The van der Waals surface area contributed by atoms with Crippen molar-refractivity contribution in [2.24, 2.45) is 0 Å². The maximum absolute atomic E-state index is 9.40. The number of rotatable bonds is 9. The Labute approximate surface area is 124 Å². The molecule has 0 amide bonds. The molecule has 116 valence electrons. The second kappa shape index (κ2) is 9.33. The largest absolute Gasteiger partial charge is 0.378 e. The lowest BCUT2D eigenvalue weighted by Crippen LogP contribution is -2.44. The fourth-order valence-corrected chi connectivity index (χ4v) is 3.04. The standard InChI is InChI=1S/C16H31N3O/c1-4-16(14-17,18-5-2)10-7-11-19-12-8-15(9-13-19)20-6-3/h15,18H,4-13H2,1-3H3. The van der Waals surface area contributed by atoms with Gasteiger partial charge in [-0.05, 0) is 52.1 Å². The Morgan fingerprint density at radius 2 is 2.00 bits per heavy atom. The third kappa shape index (κ3) is 5.40. The van der Waals surface area contributed by atoms with E-state index in [4.69, 9.17) is 4.74 Å². The quantitative estimate of drug-likeness (QED) is 0.705. The summed E-state index contributed by atoms with van der Waals surface area (Å²) in [7, 11) is 0. The van der Waals surface area contributed by atoms with Gasteiger partial charge in [-0.2, -0.15) is 5.26 Å². The molecule has 0 radical (unpaired) electrons. The Bertz CT molecular complexity index is 295. The van der Waals surface area contributed by atoms with Gasteiger partial charge in [-0.1, -0.05) is 13.8 Å². The molecule has 0 aromatic rings. The molecule has 1 rings (SSSR count). The SMILES string of the molecule is CCNC(C#N)(CC)CCCN1CCC(OCC)CC1. The Kier molecular flexibility index (Phi) is 8.13. The number of likely N-dealkylation sites (tertiary alicyclic amines) is 1. The van der Waals surface area contributed by atoms with E-state index in [2.05, 4.69) is 37.1 Å². The van der Waals surface area contributed by atoms with E-state index in [0.717, 1.165) is 64.9 Å². The lowest BCUT2D eigenvalue weighted by molar-refractivity contribution is 0.0137. The number of nitrogens with zero attached hydrogens (tertiary/aromatic N) is 2. The average Bonchev–Trinajstić information content (AvgIpc) is 2.48. The first kappa shape index (κ1) is 17.4. The second-order valence-electron chi connectivity index (χ2n) is 5.68. The molecule has 1 saturated heterocycles. The first-order chi connectivity index (χ1) is 9.69. The summed E-state index contributed by atoms with van der Waals surface area (Å²) < 4.78 is 5.68. The van der Waals surface area contributed by atoms with Crippen LogP contribution in [-0.2, 0) is 4.74 Å². The summed E-state index contributed by atoms with van der Waals surface area (Å²) in [6.45, 7) is 11.3. The Hall–Kier alpha value is -0.630. The highest BCUT2D eigenvalue weighted by molar-refractivity contribution is 5.06. The summed E-state index contributed by atoms with van der Waals surface area (Å²) in [4.78, 5) is 2.51. The highest BCUT2D eigenvalue weighted by Gasteiger charge is 2.26. The van der Waals surface area contributed by atoms with Crippen molar-refractivity contribution >= 4 is 0 Å². The molecule has 1 fully saturated rings. The van der Waals surface area contributed by atoms with Crippen LogP contribution in [0.4, 0.5) is 0 Å². The molecule has 0 aliphatic carbocycles. The summed E-state index contributed by atoms with van der Waals surface area (Å²) in [5.74, 6) is 0. The highest BCUT2D eigenvalue weighted by atomic mass is 16.5. The molecule has 1 aliphatic rings. The van der Waals surface area contributed by atoms with Crippen LogP contribution in [0.1, 0.15) is 52.9 Å². The van der Waals surface area contributed by atoms with Gasteiger partial charge in [0.15, 0.2) is 0 Å². The first-order valence-corrected chi connectivity index (χ1v) is 8.20. The number of nitrogens with one attached hydrogen (secondary N) is 1. The number of piperidine rings is 1. The fraction of sp³-hybridized carbons (Fsp3) is 0.938. The Morgan fingerprint density at radius 3 is 2.50 bits per heavy atom. The summed E-state index contributed by atoms with van der Waals surface area (Å²) in [5, 5.41) is 12.8. The number of ether oxygens (including phenoxy) is 1. The predicted octanol–water partition coefficient (Wildman–Crippen LogP) is 2.55. The van der Waals surface area contributed by atoms with Crippen LogP contribution in [0.25, 0.3) is 0 Å². The van der Waals surface area contributed by atoms with E-state index in [-0.39, 0.29) is 5.54 Å². The number of hydrogen-bond acceptors (Lipinski definition) is 4. The maximum atomic E-state index is 9.40. The molecular formula is C16H31N3O. The number of hydrogen-bond donors (Lipinski definition) is 1. The van der Waals surface area contributed by atoms with E-state index < -0.39 is 0 Å². The van der Waals surface area contributed by atoms with Crippen LogP contribution < -0.4 is 5.32 Å². The molecule has 0 aromatic carbocycles. The van der Waals surface area contributed by atoms with Gasteiger partial charge in [0.1, 0.15) is 5.54 Å². The molecule has 1 unspecified atom stereocenters. The van der Waals surface area contributed by atoms with Crippen LogP contribution in [0.5, 0.6) is 0 Å². The Balaban J connectivity index is 2.25. The van der Waals surface area contributed by atoms with Crippen molar-refractivity contribution in [2.45, 2.75) is 64.5 Å². The summed E-state index contributed by atoms with van der Waals surface area (Å²) >= 11 is 0. The Morgan fingerprint density at radius 1 is 1.30 bits per heavy atom. The van der Waals surface area contributed by atoms with Gasteiger partial charge in [-0.15, -0.1) is 0 Å². The van der Waals surface area contributed by atoms with Crippen molar-refractivity contribution in [2.75, 3.05) is 32.8 Å². The van der Waals surface area contributed by atoms with E-state index >= 15 is 0 Å². The second-order valence-corrected chi connectivity index (χ2v) is 5.68. The predicted molar refractivity (Wildman–Crippen MR) is 82.6 cm³/mol. The molecule has 1 atom stereocenters. The zero-order chi connectivity index (χ0) is 14.8. The topological polar surface area (TPSA) is 48.3 Å². The third-order valence-corrected chi connectivity index (χ3v) is 4.35. The van der Waals surface area contributed by atoms with Crippen LogP contribution >= 0.6 is 0 Å². The fourth-order valence-electron chi connectivity index (χ4n) is 3.04. The number of nitriles is 1. The molecule has 1 aliphatic heterocycles. The maximum Gasteiger partial charge on any atom is 0.106 e. The normalized spacial score (nSPS) is 20.5. The first-order valence-electron chi connectivity index (χ1n) is 8.20. The average molecular weight is 281 g/mol. The van der Waals surface area contributed by atoms with E-state index in [1.165, 1.54) is 0 Å². The third-order valence-electron chi connectivity index (χ3n) is 4.35. The van der Waals surface area contributed by atoms with Crippen LogP contribution in [0.3, 0.4) is 0 Å². The molecule has 0 aromatic heterocycles. The van der Waals surface area contributed by atoms with Crippen LogP contribution in [0.2, 0.25) is 0 Å². The zero-order valence-electron chi connectivity index (χ0n) is 13.5. The monoisotopic (exact) mass is 281 g/mol. The molecule has 20 heavy (non-hydrogen) atoms. The minimum Gasteiger partial charge on any atom is -0.378 e. The minimum absolute atomic E-state index is 0.321. The molecule has 0 spiro atoms. The van der Waals surface area contributed by atoms with E-state index in [1.54, 1.807) is 0 Å². The van der Waals surface area contributed by atoms with Crippen molar-refractivity contribution in [3.05, 3.63) is 0 Å². The van der Waals surface area contributed by atoms with Gasteiger partial charge >= 0.3 is 0 Å². The van der Waals surface area contributed by atoms with E-state index in [1.807, 2.05) is 0 Å². The van der Waals surface area contributed by atoms with Crippen molar-refractivity contribution in [3.8, 4) is 6.07 Å². The van der Waals surface area contributed by atoms with Crippen LogP contribution in [0.15, 0.2) is 0 Å². The summed E-state index contributed by atoms with van der Waals surface area (Å²) in [6, 6.07) is 2.48. The van der Waals surface area contributed by atoms with Crippen LogP contribution in [-0.4, -0.2) is 49.3 Å². The molecule has 4 heteroatoms. The van der Waals surface area contributed by atoms with Crippen LogP contribution in [0, 0.1) is 11.3 Å². The molecule has 4 nitrogen and oxygen atoms in total. The molecular weight excluding hydrogens is 250 g/mol. The minimum atomic E-state index is -0.321. The van der Waals surface area contributed by atoms with Gasteiger partial charge in [0.25, 0.3) is 0 Å². The van der Waals surface area contributed by atoms with Crippen molar-refractivity contribution in [1.82, 2.24) is 10.2 Å². The highest BCUT2D eigenvalue weighted by Crippen LogP contribution is 2.19. The molecule has 0 bridgehead atoms. The zero-order valence-corrected chi connectivity index (χ0v) is 13.5. The van der Waals surface area contributed by atoms with E-state index in [9.17, 15) is 5.26 Å². The van der Waals surface area contributed by atoms with Crippen molar-refractivity contribution in [3.63, 3.8) is 0 Å². The molecule has 0 saturated carbocycles. The lowest BCUT2D eigenvalue weighted by atomic mass is 9.91. The van der Waals surface area contributed by atoms with Gasteiger partial charge in [0.2, 0.25) is 0 Å². The summed E-state index contributed by atoms with van der Waals surface area (Å²) in [5.41, 5.74) is -0.321.